The molecule has 1 saturated carbocycles. The third kappa shape index (κ3) is 3.71. The summed E-state index contributed by atoms with van der Waals surface area (Å²) in [7, 11) is 0. The van der Waals surface area contributed by atoms with Gasteiger partial charge in [0.15, 0.2) is 0 Å². The molecular weight excluding hydrogens is 401 g/mol. The molecule has 0 bridgehead atoms. The second-order valence-electron chi connectivity index (χ2n) is 4.50. The fourth-order valence-corrected chi connectivity index (χ4v) is 4.48. The van der Waals surface area contributed by atoms with Gasteiger partial charge in [0.05, 0.1) is 8.66 Å². The highest BCUT2D eigenvalue weighted by Crippen LogP contribution is 2.32. The molecule has 100 valence electrons. The second-order valence-corrected chi connectivity index (χ2v) is 8.29. The summed E-state index contributed by atoms with van der Waals surface area (Å²) in [6.45, 7) is 0.681. The molecule has 1 N–H and O–H groups in total. The SMILES string of the molecule is O=C(NCC1CCCCC1Cl)c1cc(Br)c(Br)s1. The minimum absolute atomic E-state index is 0.0131. The molecule has 0 spiro atoms. The molecule has 1 aromatic heterocycles. The van der Waals surface area contributed by atoms with Crippen LogP contribution in [0.2, 0.25) is 0 Å². The minimum atomic E-state index is -0.0131. The lowest BCUT2D eigenvalue weighted by Crippen LogP contribution is -2.34. The van der Waals surface area contributed by atoms with Gasteiger partial charge in [-0.3, -0.25) is 4.79 Å². The molecule has 2 rings (SSSR count). The van der Waals surface area contributed by atoms with Crippen LogP contribution >= 0.6 is 54.8 Å². The number of rotatable bonds is 3. The van der Waals surface area contributed by atoms with E-state index in [1.54, 1.807) is 0 Å². The van der Waals surface area contributed by atoms with Gasteiger partial charge in [0.1, 0.15) is 0 Å². The highest BCUT2D eigenvalue weighted by atomic mass is 79.9. The van der Waals surface area contributed by atoms with Gasteiger partial charge in [0.25, 0.3) is 5.91 Å². The predicted octanol–water partition coefficient (Wildman–Crippen LogP) is 4.80. The van der Waals surface area contributed by atoms with Gasteiger partial charge in [-0.15, -0.1) is 22.9 Å². The molecule has 2 nitrogen and oxygen atoms in total. The van der Waals surface area contributed by atoms with E-state index < -0.39 is 0 Å². The van der Waals surface area contributed by atoms with Gasteiger partial charge in [-0.1, -0.05) is 12.8 Å². The van der Waals surface area contributed by atoms with Gasteiger partial charge in [0.2, 0.25) is 0 Å². The molecule has 1 aliphatic rings. The fourth-order valence-electron chi connectivity index (χ4n) is 2.16. The Balaban J connectivity index is 1.88. The molecule has 1 aromatic rings. The second kappa shape index (κ2) is 6.73. The lowest BCUT2D eigenvalue weighted by Gasteiger charge is -2.26. The van der Waals surface area contributed by atoms with Gasteiger partial charge >= 0.3 is 0 Å². The van der Waals surface area contributed by atoms with E-state index in [0.29, 0.717) is 12.5 Å². The van der Waals surface area contributed by atoms with Gasteiger partial charge in [0, 0.05) is 16.4 Å². The van der Waals surface area contributed by atoms with Crippen molar-refractivity contribution in [2.24, 2.45) is 5.92 Å². The van der Waals surface area contributed by atoms with E-state index in [0.717, 1.165) is 26.0 Å². The van der Waals surface area contributed by atoms with E-state index in [4.69, 9.17) is 11.6 Å². The maximum atomic E-state index is 12.0. The molecule has 1 heterocycles. The molecule has 2 unspecified atom stereocenters. The Hall–Kier alpha value is 0.420. The van der Waals surface area contributed by atoms with Crippen molar-refractivity contribution in [1.29, 1.82) is 0 Å². The average molecular weight is 416 g/mol. The monoisotopic (exact) mass is 413 g/mol. The van der Waals surface area contributed by atoms with Gasteiger partial charge < -0.3 is 5.32 Å². The Kier molecular flexibility index (Phi) is 5.54. The third-order valence-electron chi connectivity index (χ3n) is 3.21. The number of nitrogens with one attached hydrogen (secondary N) is 1. The van der Waals surface area contributed by atoms with Crippen LogP contribution in [0.3, 0.4) is 0 Å². The first-order valence-corrected chi connectivity index (χ1v) is 8.79. The van der Waals surface area contributed by atoms with E-state index in [9.17, 15) is 4.79 Å². The first-order chi connectivity index (χ1) is 8.58. The first kappa shape index (κ1) is 14.8. The van der Waals surface area contributed by atoms with E-state index in [2.05, 4.69) is 37.2 Å². The molecule has 6 heteroatoms. The highest BCUT2D eigenvalue weighted by molar-refractivity contribution is 9.13. The van der Waals surface area contributed by atoms with E-state index in [1.165, 1.54) is 24.2 Å². The molecule has 2 atom stereocenters. The minimum Gasteiger partial charge on any atom is -0.351 e. The van der Waals surface area contributed by atoms with Crippen molar-refractivity contribution in [3.8, 4) is 0 Å². The van der Waals surface area contributed by atoms with Crippen LogP contribution in [-0.2, 0) is 0 Å². The average Bonchev–Trinajstić information content (AvgIpc) is 2.68. The summed E-state index contributed by atoms with van der Waals surface area (Å²) in [5.41, 5.74) is 0. The Morgan fingerprint density at radius 1 is 1.44 bits per heavy atom. The molecule has 1 amide bonds. The molecule has 0 aliphatic heterocycles. The number of carbonyl (C=O) groups is 1. The Morgan fingerprint density at radius 2 is 2.17 bits per heavy atom. The number of hydrogen-bond donors (Lipinski definition) is 1. The largest absolute Gasteiger partial charge is 0.351 e. The van der Waals surface area contributed by atoms with Crippen molar-refractivity contribution in [2.75, 3.05) is 6.54 Å². The van der Waals surface area contributed by atoms with Crippen LogP contribution in [-0.4, -0.2) is 17.8 Å². The van der Waals surface area contributed by atoms with Crippen molar-refractivity contribution in [3.05, 3.63) is 19.2 Å². The van der Waals surface area contributed by atoms with E-state index >= 15 is 0 Å². The Morgan fingerprint density at radius 3 is 2.78 bits per heavy atom. The van der Waals surface area contributed by atoms with Crippen LogP contribution in [0.4, 0.5) is 0 Å². The topological polar surface area (TPSA) is 29.1 Å². The van der Waals surface area contributed by atoms with Crippen LogP contribution < -0.4 is 5.32 Å². The zero-order valence-electron chi connectivity index (χ0n) is 9.72. The predicted molar refractivity (Wildman–Crippen MR) is 83.7 cm³/mol. The first-order valence-electron chi connectivity index (χ1n) is 5.95. The Bertz CT molecular complexity index is 418. The number of hydrogen-bond acceptors (Lipinski definition) is 2. The summed E-state index contributed by atoms with van der Waals surface area (Å²) in [4.78, 5) is 12.7. The van der Waals surface area contributed by atoms with Gasteiger partial charge in [-0.2, -0.15) is 0 Å². The smallest absolute Gasteiger partial charge is 0.261 e. The number of carbonyl (C=O) groups excluding carboxylic acids is 1. The van der Waals surface area contributed by atoms with Crippen LogP contribution in [0.15, 0.2) is 14.3 Å². The molecular formula is C12H14Br2ClNOS. The number of amides is 1. The van der Waals surface area contributed by atoms with Crippen LogP contribution in [0.5, 0.6) is 0 Å². The summed E-state index contributed by atoms with van der Waals surface area (Å²) < 4.78 is 1.87. The lowest BCUT2D eigenvalue weighted by atomic mass is 9.89. The molecule has 0 aromatic carbocycles. The lowest BCUT2D eigenvalue weighted by molar-refractivity contribution is 0.0948. The summed E-state index contributed by atoms with van der Waals surface area (Å²) >= 11 is 14.5. The van der Waals surface area contributed by atoms with Gasteiger partial charge in [-0.05, 0) is 56.7 Å². The molecule has 1 aliphatic carbocycles. The van der Waals surface area contributed by atoms with Crippen molar-refractivity contribution in [3.63, 3.8) is 0 Å². The normalized spacial score (nSPS) is 23.9. The number of alkyl halides is 1. The maximum Gasteiger partial charge on any atom is 0.261 e. The van der Waals surface area contributed by atoms with Gasteiger partial charge in [-0.25, -0.2) is 0 Å². The quantitative estimate of drug-likeness (QED) is 0.706. The highest BCUT2D eigenvalue weighted by Gasteiger charge is 2.23. The zero-order valence-corrected chi connectivity index (χ0v) is 14.5. The Labute approximate surface area is 133 Å². The number of thiophene rings is 1. The molecule has 0 saturated heterocycles. The van der Waals surface area contributed by atoms with Crippen LogP contribution in [0.1, 0.15) is 35.4 Å². The van der Waals surface area contributed by atoms with E-state index in [1.807, 2.05) is 6.07 Å². The van der Waals surface area contributed by atoms with Crippen molar-refractivity contribution in [1.82, 2.24) is 5.32 Å². The van der Waals surface area contributed by atoms with Crippen LogP contribution in [0, 0.1) is 5.92 Å². The zero-order chi connectivity index (χ0) is 13.1. The van der Waals surface area contributed by atoms with Crippen LogP contribution in [0.25, 0.3) is 0 Å². The molecule has 18 heavy (non-hydrogen) atoms. The summed E-state index contributed by atoms with van der Waals surface area (Å²) in [5.74, 6) is 0.400. The van der Waals surface area contributed by atoms with E-state index in [-0.39, 0.29) is 11.3 Å². The fraction of sp³-hybridized carbons (Fsp3) is 0.583. The standard InChI is InChI=1S/C12H14Br2ClNOS/c13-8-5-10(18-11(8)14)12(17)16-6-7-3-1-2-4-9(7)15/h5,7,9H,1-4,6H2,(H,16,17). The molecule has 0 radical (unpaired) electrons. The van der Waals surface area contributed by atoms with Crippen molar-refractivity contribution in [2.45, 2.75) is 31.1 Å². The molecule has 1 fully saturated rings. The number of halogens is 3. The summed E-state index contributed by atoms with van der Waals surface area (Å²) in [6, 6.07) is 1.84. The van der Waals surface area contributed by atoms with Crippen molar-refractivity contribution >= 4 is 60.7 Å². The third-order valence-corrected chi connectivity index (χ3v) is 7.04. The van der Waals surface area contributed by atoms with Crippen molar-refractivity contribution < 1.29 is 4.79 Å². The maximum absolute atomic E-state index is 12.0. The summed E-state index contributed by atoms with van der Waals surface area (Å²) in [6.07, 6.45) is 4.62. The summed E-state index contributed by atoms with van der Waals surface area (Å²) in [5, 5.41) is 3.19.